The van der Waals surface area contributed by atoms with E-state index < -0.39 is 5.41 Å². The molecule has 0 radical (unpaired) electrons. The highest BCUT2D eigenvalue weighted by Crippen LogP contribution is 2.50. The van der Waals surface area contributed by atoms with Gasteiger partial charge in [-0.1, -0.05) is 37.3 Å². The van der Waals surface area contributed by atoms with Gasteiger partial charge in [0.1, 0.15) is 0 Å². The van der Waals surface area contributed by atoms with Gasteiger partial charge in [-0.05, 0) is 42.6 Å². The van der Waals surface area contributed by atoms with Crippen LogP contribution in [0.5, 0.6) is 0 Å². The molecule has 1 aliphatic carbocycles. The number of rotatable bonds is 4. The minimum Gasteiger partial charge on any atom is -0.341 e. The van der Waals surface area contributed by atoms with Gasteiger partial charge in [-0.15, -0.1) is 0 Å². The molecule has 1 aromatic carbocycles. The number of hydrogen-bond acceptors (Lipinski definition) is 3. The second-order valence-corrected chi connectivity index (χ2v) is 8.80. The van der Waals surface area contributed by atoms with E-state index in [1.807, 2.05) is 35.2 Å². The summed E-state index contributed by atoms with van der Waals surface area (Å²) in [6.07, 6.45) is 4.30. The molecule has 2 saturated heterocycles. The first kappa shape index (κ1) is 18.0. The monoisotopic (exact) mass is 365 g/mol. The summed E-state index contributed by atoms with van der Waals surface area (Å²) >= 11 is 0. The van der Waals surface area contributed by atoms with Gasteiger partial charge in [0.05, 0.1) is 18.0 Å². The Kier molecular flexibility index (Phi) is 4.46. The number of piperidine rings is 1. The second-order valence-electron chi connectivity index (χ2n) is 8.80. The van der Waals surface area contributed by atoms with Crippen molar-refractivity contribution in [2.75, 3.05) is 26.2 Å². The number of nitrogens with zero attached hydrogens (tertiary/aromatic N) is 3. The van der Waals surface area contributed by atoms with Gasteiger partial charge in [0, 0.05) is 26.1 Å². The first-order valence-electron chi connectivity index (χ1n) is 9.98. The maximum absolute atomic E-state index is 12.8. The van der Waals surface area contributed by atoms with E-state index in [1.165, 1.54) is 12.8 Å². The number of nitriles is 1. The van der Waals surface area contributed by atoms with Crippen LogP contribution in [0.15, 0.2) is 30.3 Å². The average Bonchev–Trinajstić information content (AvgIpc) is 3.50. The third-order valence-electron chi connectivity index (χ3n) is 6.86. The molecule has 2 heterocycles. The lowest BCUT2D eigenvalue weighted by Crippen LogP contribution is -2.48. The van der Waals surface area contributed by atoms with Crippen LogP contribution < -0.4 is 0 Å². The van der Waals surface area contributed by atoms with Crippen molar-refractivity contribution in [3.05, 3.63) is 35.9 Å². The molecule has 27 heavy (non-hydrogen) atoms. The van der Waals surface area contributed by atoms with Crippen LogP contribution in [0.4, 0.5) is 0 Å². The van der Waals surface area contributed by atoms with E-state index >= 15 is 0 Å². The molecule has 4 rings (SSSR count). The Labute approximate surface area is 160 Å². The molecule has 3 aliphatic rings. The van der Waals surface area contributed by atoms with Gasteiger partial charge in [0.15, 0.2) is 0 Å². The standard InChI is InChI=1S/C22H27N3O2/c1-21(17-7-8-17)13-19(26)25(16-21)14-20(27)24-11-9-22(15-23,10-12-24)18-5-3-2-4-6-18/h2-6,17H,7-14,16H2,1H3/t21-/m0/s1. The van der Waals surface area contributed by atoms with E-state index in [4.69, 9.17) is 0 Å². The summed E-state index contributed by atoms with van der Waals surface area (Å²) in [7, 11) is 0. The fraction of sp³-hybridized carbons (Fsp3) is 0.591. The second kappa shape index (κ2) is 6.67. The Hall–Kier alpha value is -2.35. The lowest BCUT2D eigenvalue weighted by atomic mass is 9.74. The van der Waals surface area contributed by atoms with Crippen LogP contribution in [0.1, 0.15) is 44.6 Å². The zero-order chi connectivity index (χ0) is 19.1. The number of benzene rings is 1. The lowest BCUT2D eigenvalue weighted by molar-refractivity contribution is -0.139. The van der Waals surface area contributed by atoms with E-state index in [2.05, 4.69) is 13.0 Å². The summed E-state index contributed by atoms with van der Waals surface area (Å²) in [4.78, 5) is 28.8. The third-order valence-corrected chi connectivity index (χ3v) is 6.86. The number of carbonyl (C=O) groups is 2. The van der Waals surface area contributed by atoms with E-state index in [0.29, 0.717) is 44.8 Å². The lowest BCUT2D eigenvalue weighted by Gasteiger charge is -2.38. The van der Waals surface area contributed by atoms with Gasteiger partial charge in [0.25, 0.3) is 0 Å². The molecule has 142 valence electrons. The Morgan fingerprint density at radius 2 is 1.89 bits per heavy atom. The predicted octanol–water partition coefficient (Wildman–Crippen LogP) is 2.72. The van der Waals surface area contributed by atoms with Crippen LogP contribution >= 0.6 is 0 Å². The Balaban J connectivity index is 1.36. The molecule has 1 aromatic rings. The van der Waals surface area contributed by atoms with Crippen molar-refractivity contribution < 1.29 is 9.59 Å². The molecule has 0 spiro atoms. The molecule has 2 aliphatic heterocycles. The molecule has 0 N–H and O–H groups in total. The number of amides is 2. The number of likely N-dealkylation sites (tertiary alicyclic amines) is 2. The Morgan fingerprint density at radius 1 is 1.22 bits per heavy atom. The van der Waals surface area contributed by atoms with Gasteiger partial charge in [-0.3, -0.25) is 9.59 Å². The molecule has 0 bridgehead atoms. The van der Waals surface area contributed by atoms with E-state index in [9.17, 15) is 14.9 Å². The smallest absolute Gasteiger partial charge is 0.242 e. The fourth-order valence-electron chi connectivity index (χ4n) is 4.86. The SMILES string of the molecule is C[C@]1(C2CC2)CC(=O)N(CC(=O)N2CCC(C#N)(c3ccccc3)CC2)C1. The van der Waals surface area contributed by atoms with Crippen LogP contribution in [0, 0.1) is 22.7 Å². The first-order chi connectivity index (χ1) is 13.0. The van der Waals surface area contributed by atoms with E-state index in [-0.39, 0.29) is 23.8 Å². The molecule has 0 unspecified atom stereocenters. The normalized spacial score (nSPS) is 27.5. The Morgan fingerprint density at radius 3 is 2.48 bits per heavy atom. The van der Waals surface area contributed by atoms with Crippen molar-refractivity contribution in [3.63, 3.8) is 0 Å². The topological polar surface area (TPSA) is 64.4 Å². The molecule has 3 fully saturated rings. The third kappa shape index (κ3) is 3.34. The zero-order valence-electron chi connectivity index (χ0n) is 16.0. The molecule has 5 nitrogen and oxygen atoms in total. The summed E-state index contributed by atoms with van der Waals surface area (Å²) in [6, 6.07) is 12.4. The molecule has 2 amide bonds. The quantitative estimate of drug-likeness (QED) is 0.824. The highest BCUT2D eigenvalue weighted by molar-refractivity contribution is 5.86. The van der Waals surface area contributed by atoms with Crippen LogP contribution in [0.25, 0.3) is 0 Å². The van der Waals surface area contributed by atoms with Crippen molar-refractivity contribution >= 4 is 11.8 Å². The van der Waals surface area contributed by atoms with Gasteiger partial charge in [-0.25, -0.2) is 0 Å². The predicted molar refractivity (Wildman–Crippen MR) is 102 cm³/mol. The first-order valence-corrected chi connectivity index (χ1v) is 9.98. The minimum atomic E-state index is -0.508. The van der Waals surface area contributed by atoms with Gasteiger partial charge in [-0.2, -0.15) is 5.26 Å². The van der Waals surface area contributed by atoms with Gasteiger partial charge in [0.2, 0.25) is 11.8 Å². The van der Waals surface area contributed by atoms with Crippen LogP contribution in [0.3, 0.4) is 0 Å². The molecular weight excluding hydrogens is 338 g/mol. The molecule has 1 saturated carbocycles. The summed E-state index contributed by atoms with van der Waals surface area (Å²) in [5, 5.41) is 9.79. The number of hydrogen-bond donors (Lipinski definition) is 0. The highest BCUT2D eigenvalue weighted by atomic mass is 16.2. The molecule has 5 heteroatoms. The van der Waals surface area contributed by atoms with Crippen molar-refractivity contribution in [1.82, 2.24) is 9.80 Å². The molecule has 0 aromatic heterocycles. The van der Waals surface area contributed by atoms with Crippen LogP contribution in [-0.4, -0.2) is 47.8 Å². The number of carbonyl (C=O) groups excluding carboxylic acids is 2. The van der Waals surface area contributed by atoms with Crippen molar-refractivity contribution in [2.24, 2.45) is 11.3 Å². The maximum atomic E-state index is 12.8. The molecular formula is C22H27N3O2. The van der Waals surface area contributed by atoms with Crippen molar-refractivity contribution in [1.29, 1.82) is 5.26 Å². The summed E-state index contributed by atoms with van der Waals surface area (Å²) in [5.41, 5.74) is 0.587. The largest absolute Gasteiger partial charge is 0.341 e. The van der Waals surface area contributed by atoms with Crippen molar-refractivity contribution in [3.8, 4) is 6.07 Å². The van der Waals surface area contributed by atoms with Crippen LogP contribution in [-0.2, 0) is 15.0 Å². The molecule has 1 atom stereocenters. The summed E-state index contributed by atoms with van der Waals surface area (Å²) in [6.45, 7) is 4.23. The van der Waals surface area contributed by atoms with Crippen LogP contribution in [0.2, 0.25) is 0 Å². The average molecular weight is 365 g/mol. The minimum absolute atomic E-state index is 0.0167. The summed E-state index contributed by atoms with van der Waals surface area (Å²) < 4.78 is 0. The van der Waals surface area contributed by atoms with Gasteiger partial charge >= 0.3 is 0 Å². The Bertz CT molecular complexity index is 772. The van der Waals surface area contributed by atoms with E-state index in [0.717, 1.165) is 5.56 Å². The maximum Gasteiger partial charge on any atom is 0.242 e. The zero-order valence-corrected chi connectivity index (χ0v) is 16.0. The highest BCUT2D eigenvalue weighted by Gasteiger charge is 2.49. The fourth-order valence-corrected chi connectivity index (χ4v) is 4.86. The van der Waals surface area contributed by atoms with Gasteiger partial charge < -0.3 is 9.80 Å². The van der Waals surface area contributed by atoms with E-state index in [1.54, 1.807) is 4.90 Å². The van der Waals surface area contributed by atoms with Crippen molar-refractivity contribution in [2.45, 2.75) is 44.4 Å². The summed E-state index contributed by atoms with van der Waals surface area (Å²) in [5.74, 6) is 0.784.